The molecule has 1 saturated heterocycles. The monoisotopic (exact) mass is 249 g/mol. The quantitative estimate of drug-likeness (QED) is 0.687. The number of phenols is 1. The molecule has 0 spiro atoms. The molecule has 0 aliphatic carbocycles. The van der Waals surface area contributed by atoms with E-state index in [1.54, 1.807) is 24.3 Å². The molecule has 0 radical (unpaired) electrons. The van der Waals surface area contributed by atoms with Crippen LogP contribution in [-0.2, 0) is 4.79 Å². The zero-order valence-electron chi connectivity index (χ0n) is 10.4. The van der Waals surface area contributed by atoms with Crippen LogP contribution >= 0.6 is 0 Å². The first-order valence-electron chi connectivity index (χ1n) is 6.26. The Balaban J connectivity index is 1.82. The second kappa shape index (κ2) is 6.37. The summed E-state index contributed by atoms with van der Waals surface area (Å²) in [6, 6.07) is 6.51. The molecule has 0 atom stereocenters. The van der Waals surface area contributed by atoms with Crippen molar-refractivity contribution in [2.24, 2.45) is 0 Å². The minimum atomic E-state index is -0.0115. The van der Waals surface area contributed by atoms with Gasteiger partial charge in [-0.25, -0.2) is 0 Å². The van der Waals surface area contributed by atoms with E-state index < -0.39 is 0 Å². The largest absolute Gasteiger partial charge is 0.508 e. The number of anilines is 1. The highest BCUT2D eigenvalue weighted by Crippen LogP contribution is 2.13. The maximum Gasteiger partial charge on any atom is 0.238 e. The van der Waals surface area contributed by atoms with Crippen LogP contribution in [0.5, 0.6) is 5.75 Å². The molecule has 1 aromatic carbocycles. The number of rotatable bonds is 3. The molecule has 1 aliphatic rings. The van der Waals surface area contributed by atoms with E-state index in [0.29, 0.717) is 12.2 Å². The van der Waals surface area contributed by atoms with E-state index in [1.165, 1.54) is 0 Å². The van der Waals surface area contributed by atoms with Crippen LogP contribution in [0.1, 0.15) is 6.42 Å². The molecule has 0 unspecified atom stereocenters. The van der Waals surface area contributed by atoms with Gasteiger partial charge in [-0.2, -0.15) is 0 Å². The summed E-state index contributed by atoms with van der Waals surface area (Å²) in [7, 11) is 0. The zero-order chi connectivity index (χ0) is 12.8. The average Bonchev–Trinajstić information content (AvgIpc) is 2.61. The Hall–Kier alpha value is -1.59. The van der Waals surface area contributed by atoms with Gasteiger partial charge in [-0.3, -0.25) is 9.69 Å². The minimum absolute atomic E-state index is 0.0115. The van der Waals surface area contributed by atoms with Gasteiger partial charge in [0.05, 0.1) is 6.54 Å². The van der Waals surface area contributed by atoms with Gasteiger partial charge in [-0.1, -0.05) is 0 Å². The van der Waals surface area contributed by atoms with Gasteiger partial charge < -0.3 is 15.7 Å². The summed E-state index contributed by atoms with van der Waals surface area (Å²) in [6.45, 7) is 4.24. The predicted molar refractivity (Wildman–Crippen MR) is 70.7 cm³/mol. The second-order valence-corrected chi connectivity index (χ2v) is 4.47. The lowest BCUT2D eigenvalue weighted by molar-refractivity contribution is -0.117. The Morgan fingerprint density at radius 1 is 1.28 bits per heavy atom. The highest BCUT2D eigenvalue weighted by Gasteiger charge is 2.12. The van der Waals surface area contributed by atoms with Crippen LogP contribution in [0.3, 0.4) is 0 Å². The lowest BCUT2D eigenvalue weighted by atomic mass is 10.3. The van der Waals surface area contributed by atoms with Crippen molar-refractivity contribution in [2.75, 3.05) is 38.0 Å². The normalized spacial score (nSPS) is 17.1. The summed E-state index contributed by atoms with van der Waals surface area (Å²) in [5, 5.41) is 15.3. The molecular weight excluding hydrogens is 230 g/mol. The van der Waals surface area contributed by atoms with Gasteiger partial charge in [0.2, 0.25) is 5.91 Å². The first-order chi connectivity index (χ1) is 8.74. The van der Waals surface area contributed by atoms with Crippen LogP contribution in [0.25, 0.3) is 0 Å². The fourth-order valence-corrected chi connectivity index (χ4v) is 2.01. The second-order valence-electron chi connectivity index (χ2n) is 4.47. The lowest BCUT2D eigenvalue weighted by Gasteiger charge is -2.18. The van der Waals surface area contributed by atoms with Gasteiger partial charge in [-0.05, 0) is 43.8 Å². The number of aromatic hydroxyl groups is 1. The van der Waals surface area contributed by atoms with E-state index >= 15 is 0 Å². The van der Waals surface area contributed by atoms with E-state index in [0.717, 1.165) is 32.6 Å². The summed E-state index contributed by atoms with van der Waals surface area (Å²) in [4.78, 5) is 14.0. The summed E-state index contributed by atoms with van der Waals surface area (Å²) in [6.07, 6.45) is 1.08. The van der Waals surface area contributed by atoms with Crippen LogP contribution in [0, 0.1) is 0 Å². The third-order valence-corrected chi connectivity index (χ3v) is 2.95. The Morgan fingerprint density at radius 3 is 2.83 bits per heavy atom. The van der Waals surface area contributed by atoms with Crippen LogP contribution < -0.4 is 10.6 Å². The highest BCUT2D eigenvalue weighted by molar-refractivity contribution is 5.92. The molecule has 1 aromatic rings. The number of hydrogen-bond acceptors (Lipinski definition) is 4. The predicted octanol–water partition coefficient (Wildman–Crippen LogP) is 0.626. The van der Waals surface area contributed by atoms with E-state index in [9.17, 15) is 4.79 Å². The maximum atomic E-state index is 11.8. The first-order valence-corrected chi connectivity index (χ1v) is 6.26. The molecule has 1 heterocycles. The molecule has 0 bridgehead atoms. The van der Waals surface area contributed by atoms with E-state index in [-0.39, 0.29) is 11.7 Å². The Morgan fingerprint density at radius 2 is 2.06 bits per heavy atom. The molecule has 2 rings (SSSR count). The van der Waals surface area contributed by atoms with Crippen LogP contribution in [0.15, 0.2) is 24.3 Å². The van der Waals surface area contributed by atoms with Crippen molar-refractivity contribution in [1.82, 2.24) is 10.2 Å². The molecule has 98 valence electrons. The van der Waals surface area contributed by atoms with Crippen molar-refractivity contribution < 1.29 is 9.90 Å². The van der Waals surface area contributed by atoms with Gasteiger partial charge >= 0.3 is 0 Å². The summed E-state index contributed by atoms with van der Waals surface area (Å²) >= 11 is 0. The third-order valence-electron chi connectivity index (χ3n) is 2.95. The first kappa shape index (κ1) is 12.9. The topological polar surface area (TPSA) is 64.6 Å². The number of phenolic OH excluding ortho intramolecular Hbond substituents is 1. The van der Waals surface area contributed by atoms with Crippen molar-refractivity contribution in [3.8, 4) is 5.75 Å². The van der Waals surface area contributed by atoms with Crippen molar-refractivity contribution in [3.05, 3.63) is 24.3 Å². The standard InChI is InChI=1S/C13H19N3O2/c17-12-4-2-11(3-5-12)15-13(18)10-16-8-1-6-14-7-9-16/h2-5,14,17H,1,6-10H2,(H,15,18). The molecule has 1 fully saturated rings. The number of carbonyl (C=O) groups excluding carboxylic acids is 1. The number of nitrogens with zero attached hydrogens (tertiary/aromatic N) is 1. The van der Waals surface area contributed by atoms with Gasteiger partial charge in [-0.15, -0.1) is 0 Å². The van der Waals surface area contributed by atoms with Gasteiger partial charge in [0.15, 0.2) is 0 Å². The van der Waals surface area contributed by atoms with Crippen molar-refractivity contribution in [2.45, 2.75) is 6.42 Å². The van der Waals surface area contributed by atoms with Gasteiger partial charge in [0.25, 0.3) is 0 Å². The molecule has 1 aliphatic heterocycles. The number of benzene rings is 1. The number of hydrogen-bond donors (Lipinski definition) is 3. The smallest absolute Gasteiger partial charge is 0.238 e. The number of nitrogens with one attached hydrogen (secondary N) is 2. The third kappa shape index (κ3) is 4.01. The highest BCUT2D eigenvalue weighted by atomic mass is 16.3. The molecule has 18 heavy (non-hydrogen) atoms. The van der Waals surface area contributed by atoms with Crippen LogP contribution in [0.4, 0.5) is 5.69 Å². The molecule has 5 heteroatoms. The molecule has 1 amide bonds. The molecule has 5 nitrogen and oxygen atoms in total. The molecule has 3 N–H and O–H groups in total. The average molecular weight is 249 g/mol. The van der Waals surface area contributed by atoms with Crippen molar-refractivity contribution >= 4 is 11.6 Å². The maximum absolute atomic E-state index is 11.8. The minimum Gasteiger partial charge on any atom is -0.508 e. The fourth-order valence-electron chi connectivity index (χ4n) is 2.01. The van der Waals surface area contributed by atoms with Gasteiger partial charge in [0, 0.05) is 18.8 Å². The van der Waals surface area contributed by atoms with Gasteiger partial charge in [0.1, 0.15) is 5.75 Å². The molecule has 0 saturated carbocycles. The lowest BCUT2D eigenvalue weighted by Crippen LogP contribution is -2.35. The Kier molecular flexibility index (Phi) is 4.55. The number of amides is 1. The van der Waals surface area contributed by atoms with Crippen molar-refractivity contribution in [3.63, 3.8) is 0 Å². The fraction of sp³-hybridized carbons (Fsp3) is 0.462. The summed E-state index contributed by atoms with van der Waals surface area (Å²) in [5.74, 6) is 0.189. The van der Waals surface area contributed by atoms with E-state index in [2.05, 4.69) is 15.5 Å². The Labute approximate surface area is 107 Å². The molecule has 0 aromatic heterocycles. The Bertz CT molecular complexity index is 384. The summed E-state index contributed by atoms with van der Waals surface area (Å²) in [5.41, 5.74) is 0.714. The van der Waals surface area contributed by atoms with Crippen LogP contribution in [-0.4, -0.2) is 48.6 Å². The molecular formula is C13H19N3O2. The number of carbonyl (C=O) groups is 1. The summed E-state index contributed by atoms with van der Waals surface area (Å²) < 4.78 is 0. The SMILES string of the molecule is O=C(CN1CCCNCC1)Nc1ccc(O)cc1. The van der Waals surface area contributed by atoms with Crippen molar-refractivity contribution in [1.29, 1.82) is 0 Å². The van der Waals surface area contributed by atoms with E-state index in [1.807, 2.05) is 0 Å². The zero-order valence-corrected chi connectivity index (χ0v) is 10.4. The van der Waals surface area contributed by atoms with E-state index in [4.69, 9.17) is 5.11 Å². The van der Waals surface area contributed by atoms with Crippen LogP contribution in [0.2, 0.25) is 0 Å².